The molecule has 1 aliphatic rings. The quantitative estimate of drug-likeness (QED) is 0.449. The topological polar surface area (TPSA) is 95.6 Å². The number of nitrogen functional groups attached to an aromatic ring is 1. The summed E-state index contributed by atoms with van der Waals surface area (Å²) in [6, 6.07) is 9.86. The minimum absolute atomic E-state index is 0.145. The van der Waals surface area contributed by atoms with E-state index in [2.05, 4.69) is 9.97 Å². The third kappa shape index (κ3) is 2.43. The molecular weight excluding hydrogens is 296 g/mol. The zero-order valence-electron chi connectivity index (χ0n) is 12.3. The summed E-state index contributed by atoms with van der Waals surface area (Å²) in [6.07, 6.45) is 1.72. The number of hydrogen-bond acceptors (Lipinski definition) is 5. The maximum absolute atomic E-state index is 12.4. The van der Waals surface area contributed by atoms with E-state index in [0.717, 1.165) is 24.2 Å². The van der Waals surface area contributed by atoms with Gasteiger partial charge in [-0.05, 0) is 24.2 Å². The Morgan fingerprint density at radius 3 is 2.64 bits per heavy atom. The van der Waals surface area contributed by atoms with Crippen LogP contribution in [0.25, 0.3) is 0 Å². The number of nitrogens with two attached hydrogens (primary N) is 1. The zero-order chi connectivity index (χ0) is 15.7. The first-order valence-electron chi connectivity index (χ1n) is 7.26. The van der Waals surface area contributed by atoms with Gasteiger partial charge in [0.2, 0.25) is 0 Å². The molecule has 3 rings (SSSR count). The maximum atomic E-state index is 12.4. The minimum atomic E-state index is -0.385. The summed E-state index contributed by atoms with van der Waals surface area (Å²) < 4.78 is 0. The van der Waals surface area contributed by atoms with Crippen molar-refractivity contribution in [3.8, 4) is 0 Å². The van der Waals surface area contributed by atoms with Crippen molar-refractivity contribution in [2.45, 2.75) is 30.3 Å². The number of aromatic amines is 1. The van der Waals surface area contributed by atoms with Gasteiger partial charge in [0, 0.05) is 5.41 Å². The molecule has 4 N–H and O–H groups in total. The highest BCUT2D eigenvalue weighted by Gasteiger charge is 2.49. The van der Waals surface area contributed by atoms with Crippen molar-refractivity contribution in [1.82, 2.24) is 9.97 Å². The lowest BCUT2D eigenvalue weighted by Crippen LogP contribution is -2.30. The number of aromatic nitrogens is 2. The number of anilines is 1. The SMILES string of the molecule is CCSc1nc(N)c(C(=N)C2(c3ccccc3)CC2)c(=O)[nH]1. The third-order valence-electron chi connectivity index (χ3n) is 4.01. The Morgan fingerprint density at radius 1 is 1.41 bits per heavy atom. The van der Waals surface area contributed by atoms with Gasteiger partial charge in [-0.3, -0.25) is 4.79 Å². The summed E-state index contributed by atoms with van der Waals surface area (Å²) in [5, 5.41) is 9.05. The Balaban J connectivity index is 2.02. The van der Waals surface area contributed by atoms with Crippen LogP contribution in [0.1, 0.15) is 30.9 Å². The van der Waals surface area contributed by atoms with Gasteiger partial charge in [0.1, 0.15) is 11.4 Å². The molecule has 0 amide bonds. The fourth-order valence-electron chi connectivity index (χ4n) is 2.72. The molecule has 0 unspecified atom stereocenters. The smallest absolute Gasteiger partial charge is 0.262 e. The molecule has 0 atom stereocenters. The molecule has 1 saturated carbocycles. The minimum Gasteiger partial charge on any atom is -0.383 e. The molecule has 5 nitrogen and oxygen atoms in total. The van der Waals surface area contributed by atoms with Crippen LogP contribution in [0.4, 0.5) is 5.82 Å². The number of nitrogens with zero attached hydrogens (tertiary/aromatic N) is 1. The van der Waals surface area contributed by atoms with E-state index in [4.69, 9.17) is 11.1 Å². The number of hydrogen-bond donors (Lipinski definition) is 3. The van der Waals surface area contributed by atoms with Gasteiger partial charge in [0.15, 0.2) is 5.16 Å². The standard InChI is InChI=1S/C16H18N4OS/c1-2-22-15-19-13(18)11(14(21)20-15)12(17)16(8-9-16)10-6-4-3-5-7-10/h3-7,17H,2,8-9H2,1H3,(H3,18,19,20,21). The van der Waals surface area contributed by atoms with Gasteiger partial charge in [-0.1, -0.05) is 49.0 Å². The van der Waals surface area contributed by atoms with Crippen LogP contribution in [-0.2, 0) is 5.41 Å². The first-order chi connectivity index (χ1) is 10.6. The summed E-state index contributed by atoms with van der Waals surface area (Å²) in [5.74, 6) is 0.944. The van der Waals surface area contributed by atoms with E-state index in [0.29, 0.717) is 5.16 Å². The number of benzene rings is 1. The van der Waals surface area contributed by atoms with E-state index in [-0.39, 0.29) is 28.1 Å². The van der Waals surface area contributed by atoms with E-state index < -0.39 is 0 Å². The third-order valence-corrected chi connectivity index (χ3v) is 4.77. The molecule has 1 fully saturated rings. The van der Waals surface area contributed by atoms with Crippen LogP contribution in [0.15, 0.2) is 40.3 Å². The first-order valence-corrected chi connectivity index (χ1v) is 8.24. The number of nitrogens with one attached hydrogen (secondary N) is 2. The van der Waals surface area contributed by atoms with Crippen molar-refractivity contribution in [3.63, 3.8) is 0 Å². The van der Waals surface area contributed by atoms with Crippen LogP contribution in [0.3, 0.4) is 0 Å². The molecular formula is C16H18N4OS. The van der Waals surface area contributed by atoms with Crippen LogP contribution < -0.4 is 11.3 Å². The van der Waals surface area contributed by atoms with E-state index in [9.17, 15) is 4.79 Å². The highest BCUT2D eigenvalue weighted by Crippen LogP contribution is 2.50. The molecule has 1 aliphatic carbocycles. The number of thioether (sulfide) groups is 1. The summed E-state index contributed by atoms with van der Waals surface area (Å²) >= 11 is 1.43. The average molecular weight is 314 g/mol. The van der Waals surface area contributed by atoms with Gasteiger partial charge in [0.25, 0.3) is 5.56 Å². The van der Waals surface area contributed by atoms with Crippen LogP contribution in [0.2, 0.25) is 0 Å². The molecule has 2 aromatic rings. The second kappa shape index (κ2) is 5.61. The zero-order valence-corrected chi connectivity index (χ0v) is 13.2. The Bertz CT molecular complexity index is 765. The maximum Gasteiger partial charge on any atom is 0.262 e. The molecule has 0 aliphatic heterocycles. The van der Waals surface area contributed by atoms with Crippen LogP contribution in [0, 0.1) is 5.41 Å². The summed E-state index contributed by atoms with van der Waals surface area (Å²) in [6.45, 7) is 1.98. The monoisotopic (exact) mass is 314 g/mol. The highest BCUT2D eigenvalue weighted by molar-refractivity contribution is 7.99. The summed E-state index contributed by atoms with van der Waals surface area (Å²) in [7, 11) is 0. The highest BCUT2D eigenvalue weighted by atomic mass is 32.2. The van der Waals surface area contributed by atoms with Crippen molar-refractivity contribution in [3.05, 3.63) is 51.8 Å². The van der Waals surface area contributed by atoms with Gasteiger partial charge >= 0.3 is 0 Å². The van der Waals surface area contributed by atoms with Crippen molar-refractivity contribution in [2.24, 2.45) is 0 Å². The Kier molecular flexibility index (Phi) is 3.78. The van der Waals surface area contributed by atoms with Gasteiger partial charge < -0.3 is 16.1 Å². The molecule has 0 radical (unpaired) electrons. The van der Waals surface area contributed by atoms with Crippen LogP contribution in [0.5, 0.6) is 0 Å². The van der Waals surface area contributed by atoms with Crippen LogP contribution in [-0.4, -0.2) is 21.4 Å². The van der Waals surface area contributed by atoms with Crippen molar-refractivity contribution in [1.29, 1.82) is 5.41 Å². The fourth-order valence-corrected chi connectivity index (χ4v) is 3.32. The summed E-state index contributed by atoms with van der Waals surface area (Å²) in [4.78, 5) is 19.3. The lowest BCUT2D eigenvalue weighted by molar-refractivity contribution is 0.905. The molecule has 1 heterocycles. The van der Waals surface area contributed by atoms with Crippen molar-refractivity contribution >= 4 is 23.3 Å². The predicted octanol–water partition coefficient (Wildman–Crippen LogP) is 2.56. The van der Waals surface area contributed by atoms with Gasteiger partial charge in [-0.25, -0.2) is 4.98 Å². The predicted molar refractivity (Wildman–Crippen MR) is 89.9 cm³/mol. The Morgan fingerprint density at radius 2 is 2.09 bits per heavy atom. The van der Waals surface area contributed by atoms with Crippen molar-refractivity contribution in [2.75, 3.05) is 11.5 Å². The van der Waals surface area contributed by atoms with E-state index in [1.807, 2.05) is 37.3 Å². The lowest BCUT2D eigenvalue weighted by atomic mass is 9.87. The molecule has 1 aromatic carbocycles. The molecule has 114 valence electrons. The first kappa shape index (κ1) is 14.8. The summed E-state index contributed by atoms with van der Waals surface area (Å²) in [5.41, 5.74) is 6.81. The van der Waals surface area contributed by atoms with Gasteiger partial charge in [-0.15, -0.1) is 0 Å². The molecule has 0 spiro atoms. The Labute approximate surface area is 132 Å². The second-order valence-corrected chi connectivity index (χ2v) is 6.64. The fraction of sp³-hybridized carbons (Fsp3) is 0.312. The lowest BCUT2D eigenvalue weighted by Gasteiger charge is -2.18. The van der Waals surface area contributed by atoms with Crippen LogP contribution >= 0.6 is 11.8 Å². The molecule has 22 heavy (non-hydrogen) atoms. The number of rotatable bonds is 5. The van der Waals surface area contributed by atoms with E-state index in [1.165, 1.54) is 11.8 Å². The Hall–Kier alpha value is -2.08. The molecule has 1 aromatic heterocycles. The van der Waals surface area contributed by atoms with E-state index >= 15 is 0 Å². The van der Waals surface area contributed by atoms with Gasteiger partial charge in [0.05, 0.1) is 5.71 Å². The average Bonchev–Trinajstić information content (AvgIpc) is 3.29. The van der Waals surface area contributed by atoms with E-state index in [1.54, 1.807) is 0 Å². The molecule has 6 heteroatoms. The van der Waals surface area contributed by atoms with Crippen molar-refractivity contribution < 1.29 is 0 Å². The molecule has 0 bridgehead atoms. The normalized spacial score (nSPS) is 15.5. The second-order valence-electron chi connectivity index (χ2n) is 5.39. The van der Waals surface area contributed by atoms with Gasteiger partial charge in [-0.2, -0.15) is 0 Å². The number of H-pyrrole nitrogens is 1. The molecule has 0 saturated heterocycles. The largest absolute Gasteiger partial charge is 0.383 e.